The second kappa shape index (κ2) is 2.79. The van der Waals surface area contributed by atoms with Gasteiger partial charge in [-0.15, -0.1) is 0 Å². The van der Waals surface area contributed by atoms with E-state index in [4.69, 9.17) is 0 Å². The molecular weight excluding hydrogens is 174 g/mol. The SMILES string of the molecule is FC(F)(F)S.[GeH4]. The number of hydrogen-bond donors (Lipinski definition) is 1. The minimum atomic E-state index is -4.31. The Kier molecular flexibility index (Phi) is 4.58. The third kappa shape index (κ3) is 136. The number of hydrogen-bond acceptors (Lipinski definition) is 1. The summed E-state index contributed by atoms with van der Waals surface area (Å²) < 4.78 is 30.7. The van der Waals surface area contributed by atoms with Crippen LogP contribution in [0.5, 0.6) is 0 Å². The Morgan fingerprint density at radius 1 is 1.17 bits per heavy atom. The third-order valence-electron chi connectivity index (χ3n) is 0. The molecule has 0 bridgehead atoms. The van der Waals surface area contributed by atoms with Gasteiger partial charge in [0.25, 0.3) is 0 Å². The van der Waals surface area contributed by atoms with E-state index < -0.39 is 5.51 Å². The van der Waals surface area contributed by atoms with Gasteiger partial charge >= 0.3 is 23.1 Å². The van der Waals surface area contributed by atoms with Crippen molar-refractivity contribution in [2.75, 3.05) is 0 Å². The van der Waals surface area contributed by atoms with Crippen molar-refractivity contribution < 1.29 is 13.2 Å². The summed E-state index contributed by atoms with van der Waals surface area (Å²) in [6.07, 6.45) is 0. The van der Waals surface area contributed by atoms with Crippen molar-refractivity contribution in [3.8, 4) is 0 Å². The van der Waals surface area contributed by atoms with Crippen molar-refractivity contribution in [3.63, 3.8) is 0 Å². The Balaban J connectivity index is 0. The van der Waals surface area contributed by atoms with Crippen molar-refractivity contribution in [2.45, 2.75) is 5.51 Å². The normalized spacial score (nSPS) is 10.0. The van der Waals surface area contributed by atoms with E-state index in [9.17, 15) is 13.2 Å². The standard InChI is InChI=1S/CHF3S.GeH4/c2-1(3,4)5;/h5H;1H4. The molecule has 0 saturated heterocycles. The molecule has 0 spiro atoms. The predicted octanol–water partition coefficient (Wildman–Crippen LogP) is -0.0156. The van der Waals surface area contributed by atoms with Crippen LogP contribution in [-0.2, 0) is 0 Å². The number of thiol groups is 1. The van der Waals surface area contributed by atoms with Gasteiger partial charge in [0.1, 0.15) is 0 Å². The summed E-state index contributed by atoms with van der Waals surface area (Å²) in [6.45, 7) is 0. The average molecular weight is 179 g/mol. The van der Waals surface area contributed by atoms with Gasteiger partial charge < -0.3 is 0 Å². The topological polar surface area (TPSA) is 0 Å². The van der Waals surface area contributed by atoms with Crippen molar-refractivity contribution >= 4 is 30.2 Å². The van der Waals surface area contributed by atoms with E-state index in [-0.39, 0.29) is 17.6 Å². The zero-order valence-electron chi connectivity index (χ0n) is 2.08. The maximum absolute atomic E-state index is 10.2. The van der Waals surface area contributed by atoms with E-state index in [1.165, 1.54) is 0 Å². The van der Waals surface area contributed by atoms with Crippen LogP contribution in [0.4, 0.5) is 13.2 Å². The van der Waals surface area contributed by atoms with Crippen LogP contribution in [0.3, 0.4) is 0 Å². The zero-order chi connectivity index (χ0) is 4.50. The molecule has 0 N–H and O–H groups in total. The van der Waals surface area contributed by atoms with Gasteiger partial charge in [0.15, 0.2) is 0 Å². The first-order valence-corrected chi connectivity index (χ1v) is 1.24. The molecule has 0 unspecified atom stereocenters. The number of halogens is 3. The van der Waals surface area contributed by atoms with Crippen LogP contribution in [0.2, 0.25) is 0 Å². The van der Waals surface area contributed by atoms with Gasteiger partial charge in [-0.2, -0.15) is 13.2 Å². The summed E-state index contributed by atoms with van der Waals surface area (Å²) in [4.78, 5) is 0. The van der Waals surface area contributed by atoms with Gasteiger partial charge in [-0.25, -0.2) is 0 Å². The first-order valence-electron chi connectivity index (χ1n) is 0.791. The molecular formula is CH5F3GeS. The Hall–Kier alpha value is 0.683. The van der Waals surface area contributed by atoms with Crippen molar-refractivity contribution in [2.24, 2.45) is 0 Å². The van der Waals surface area contributed by atoms with Gasteiger partial charge in [-0.3, -0.25) is 0 Å². The van der Waals surface area contributed by atoms with E-state index in [0.29, 0.717) is 0 Å². The molecule has 0 radical (unpaired) electrons. The van der Waals surface area contributed by atoms with Gasteiger partial charge in [-0.05, 0) is 0 Å². The zero-order valence-corrected chi connectivity index (χ0v) is 2.98. The molecule has 0 nitrogen and oxygen atoms in total. The van der Waals surface area contributed by atoms with Crippen molar-refractivity contribution in [1.29, 1.82) is 0 Å². The van der Waals surface area contributed by atoms with Crippen LogP contribution < -0.4 is 0 Å². The van der Waals surface area contributed by atoms with E-state index in [2.05, 4.69) is 12.6 Å². The van der Waals surface area contributed by atoms with E-state index >= 15 is 0 Å². The van der Waals surface area contributed by atoms with E-state index in [1.54, 1.807) is 0 Å². The molecule has 0 aromatic carbocycles. The molecule has 0 aliphatic carbocycles. The molecule has 40 valence electrons. The molecule has 5 heteroatoms. The fraction of sp³-hybridized carbons (Fsp3) is 1.00. The second-order valence-electron chi connectivity index (χ2n) is 0.468. The Morgan fingerprint density at radius 2 is 1.17 bits per heavy atom. The van der Waals surface area contributed by atoms with Gasteiger partial charge in [-0.1, -0.05) is 12.6 Å². The van der Waals surface area contributed by atoms with E-state index in [0.717, 1.165) is 0 Å². The van der Waals surface area contributed by atoms with Crippen molar-refractivity contribution in [3.05, 3.63) is 0 Å². The molecule has 0 aromatic heterocycles. The molecule has 0 rings (SSSR count). The number of alkyl halides is 3. The van der Waals surface area contributed by atoms with Crippen LogP contribution in [0.25, 0.3) is 0 Å². The average Bonchev–Trinajstić information content (AvgIpc) is 0.722. The van der Waals surface area contributed by atoms with Crippen LogP contribution in [0.15, 0.2) is 0 Å². The number of rotatable bonds is 0. The molecule has 0 aromatic rings. The molecule has 0 aliphatic heterocycles. The molecule has 0 atom stereocenters. The van der Waals surface area contributed by atoms with Crippen LogP contribution >= 0.6 is 12.6 Å². The fourth-order valence-electron chi connectivity index (χ4n) is 0. The summed E-state index contributed by atoms with van der Waals surface area (Å²) in [6, 6.07) is 0. The third-order valence-corrected chi connectivity index (χ3v) is 0. The fourth-order valence-corrected chi connectivity index (χ4v) is 0. The van der Waals surface area contributed by atoms with Crippen molar-refractivity contribution in [1.82, 2.24) is 0 Å². The van der Waals surface area contributed by atoms with Gasteiger partial charge in [0.05, 0.1) is 0 Å². The minimum absolute atomic E-state index is 0. The Bertz CT molecular complexity index is 26.3. The first-order chi connectivity index (χ1) is 2.00. The summed E-state index contributed by atoms with van der Waals surface area (Å²) in [5, 5.41) is 0. The Labute approximate surface area is 49.5 Å². The van der Waals surface area contributed by atoms with Crippen LogP contribution in [0, 0.1) is 0 Å². The molecule has 6 heavy (non-hydrogen) atoms. The monoisotopic (exact) mass is 180 g/mol. The summed E-state index contributed by atoms with van der Waals surface area (Å²) >= 11 is 2.12. The molecule has 0 aliphatic rings. The predicted molar refractivity (Wildman–Crippen MR) is 26.4 cm³/mol. The summed E-state index contributed by atoms with van der Waals surface area (Å²) in [7, 11) is 0. The summed E-state index contributed by atoms with van der Waals surface area (Å²) in [5.74, 6) is 0. The van der Waals surface area contributed by atoms with Crippen LogP contribution in [-0.4, -0.2) is 23.1 Å². The first kappa shape index (κ1) is 9.84. The van der Waals surface area contributed by atoms with Crippen LogP contribution in [0.1, 0.15) is 0 Å². The quantitative estimate of drug-likeness (QED) is 0.392. The molecule has 0 saturated carbocycles. The van der Waals surface area contributed by atoms with E-state index in [1.807, 2.05) is 0 Å². The molecule has 0 heterocycles. The Morgan fingerprint density at radius 3 is 1.17 bits per heavy atom. The summed E-state index contributed by atoms with van der Waals surface area (Å²) in [5.41, 5.74) is -4.31. The van der Waals surface area contributed by atoms with Gasteiger partial charge in [0.2, 0.25) is 0 Å². The molecule has 0 amide bonds. The molecule has 0 fully saturated rings. The second-order valence-corrected chi connectivity index (χ2v) is 0.975. The maximum atomic E-state index is 10.2. The van der Waals surface area contributed by atoms with Gasteiger partial charge in [0, 0.05) is 0 Å².